The summed E-state index contributed by atoms with van der Waals surface area (Å²) in [5.74, 6) is -0.310. The molecule has 0 bridgehead atoms. The molecule has 1 aromatic carbocycles. The summed E-state index contributed by atoms with van der Waals surface area (Å²) in [6.07, 6.45) is 1.57. The van der Waals surface area contributed by atoms with Crippen LogP contribution in [0.2, 0.25) is 0 Å². The number of hydrogen-bond donors (Lipinski definition) is 1. The third kappa shape index (κ3) is 4.67. The predicted molar refractivity (Wildman–Crippen MR) is 125 cm³/mol. The fraction of sp³-hybridized carbons (Fsp3) is 0.261. The van der Waals surface area contributed by atoms with E-state index >= 15 is 0 Å². The van der Waals surface area contributed by atoms with Crippen molar-refractivity contribution in [2.24, 2.45) is 5.92 Å². The van der Waals surface area contributed by atoms with Crippen molar-refractivity contribution in [2.75, 3.05) is 0 Å². The second-order valence-electron chi connectivity index (χ2n) is 7.83. The van der Waals surface area contributed by atoms with E-state index in [9.17, 15) is 14.4 Å². The van der Waals surface area contributed by atoms with E-state index in [4.69, 9.17) is 0 Å². The van der Waals surface area contributed by atoms with Crippen LogP contribution in [0, 0.1) is 5.92 Å². The predicted octanol–water partition coefficient (Wildman–Crippen LogP) is 2.52. The topological polar surface area (TPSA) is 98.9 Å². The number of nitrogens with zero attached hydrogens (tertiary/aromatic N) is 4. The lowest BCUT2D eigenvalue weighted by atomic mass is 10.0. The van der Waals surface area contributed by atoms with E-state index in [2.05, 4.69) is 15.5 Å². The molecule has 4 aromatic rings. The maximum atomic E-state index is 12.7. The molecule has 0 unspecified atom stereocenters. The van der Waals surface area contributed by atoms with E-state index in [-0.39, 0.29) is 42.1 Å². The number of carbonyl (C=O) groups excluding carboxylic acids is 1. The Morgan fingerprint density at radius 1 is 1.06 bits per heavy atom. The van der Waals surface area contributed by atoms with Gasteiger partial charge in [-0.05, 0) is 29.5 Å². The molecule has 0 fully saturated rings. The lowest BCUT2D eigenvalue weighted by Crippen LogP contribution is -2.46. The molecule has 32 heavy (non-hydrogen) atoms. The van der Waals surface area contributed by atoms with Gasteiger partial charge in [0.1, 0.15) is 12.2 Å². The van der Waals surface area contributed by atoms with E-state index in [0.29, 0.717) is 11.1 Å². The Labute approximate surface area is 188 Å². The summed E-state index contributed by atoms with van der Waals surface area (Å²) in [4.78, 5) is 38.7. The molecule has 1 amide bonds. The molecule has 0 saturated carbocycles. The SMILES string of the molecule is CC(C)[C@H](Cn1nc(-c2cccs2)ccc1=O)NC(=O)Cn1ncc2ccccc2c1=O. The van der Waals surface area contributed by atoms with Crippen LogP contribution < -0.4 is 16.4 Å². The van der Waals surface area contributed by atoms with E-state index in [1.807, 2.05) is 37.4 Å². The van der Waals surface area contributed by atoms with Gasteiger partial charge >= 0.3 is 0 Å². The fourth-order valence-corrected chi connectivity index (χ4v) is 4.06. The number of rotatable bonds is 7. The summed E-state index contributed by atoms with van der Waals surface area (Å²) >= 11 is 1.54. The first kappa shape index (κ1) is 21.6. The second-order valence-corrected chi connectivity index (χ2v) is 8.78. The minimum absolute atomic E-state index is 0.0410. The highest BCUT2D eigenvalue weighted by Gasteiger charge is 2.19. The number of hydrogen-bond acceptors (Lipinski definition) is 6. The Morgan fingerprint density at radius 3 is 2.62 bits per heavy atom. The number of thiophene rings is 1. The van der Waals surface area contributed by atoms with Crippen LogP contribution in [0.5, 0.6) is 0 Å². The summed E-state index contributed by atoms with van der Waals surface area (Å²) < 4.78 is 2.53. The molecule has 8 nitrogen and oxygen atoms in total. The molecule has 9 heteroatoms. The Kier molecular flexibility index (Phi) is 6.27. The molecule has 4 rings (SSSR count). The van der Waals surface area contributed by atoms with Gasteiger partial charge in [0.2, 0.25) is 5.91 Å². The zero-order valence-corrected chi connectivity index (χ0v) is 18.6. The van der Waals surface area contributed by atoms with Crippen LogP contribution in [0.15, 0.2) is 69.7 Å². The molecule has 0 aliphatic heterocycles. The second kappa shape index (κ2) is 9.27. The number of nitrogens with one attached hydrogen (secondary N) is 1. The minimum Gasteiger partial charge on any atom is -0.350 e. The van der Waals surface area contributed by atoms with Crippen LogP contribution in [-0.2, 0) is 17.9 Å². The van der Waals surface area contributed by atoms with Crippen molar-refractivity contribution >= 4 is 28.0 Å². The number of carbonyl (C=O) groups is 1. The zero-order chi connectivity index (χ0) is 22.7. The quantitative estimate of drug-likeness (QED) is 0.467. The largest absolute Gasteiger partial charge is 0.350 e. The van der Waals surface area contributed by atoms with Gasteiger partial charge < -0.3 is 5.32 Å². The lowest BCUT2D eigenvalue weighted by molar-refractivity contribution is -0.123. The molecule has 0 aliphatic rings. The van der Waals surface area contributed by atoms with E-state index in [0.717, 1.165) is 14.9 Å². The zero-order valence-electron chi connectivity index (χ0n) is 17.8. The highest BCUT2D eigenvalue weighted by Crippen LogP contribution is 2.21. The number of fused-ring (bicyclic) bond motifs is 1. The molecule has 0 spiro atoms. The molecule has 0 radical (unpaired) electrons. The normalized spacial score (nSPS) is 12.2. The minimum atomic E-state index is -0.351. The fourth-order valence-electron chi connectivity index (χ4n) is 3.37. The monoisotopic (exact) mass is 449 g/mol. The van der Waals surface area contributed by atoms with Gasteiger partial charge in [0.15, 0.2) is 0 Å². The summed E-state index contributed by atoms with van der Waals surface area (Å²) in [7, 11) is 0. The highest BCUT2D eigenvalue weighted by molar-refractivity contribution is 7.13. The van der Waals surface area contributed by atoms with Gasteiger partial charge in [-0.25, -0.2) is 9.36 Å². The number of benzene rings is 1. The first-order valence-corrected chi connectivity index (χ1v) is 11.2. The summed E-state index contributed by atoms with van der Waals surface area (Å²) in [6, 6.07) is 13.8. The lowest BCUT2D eigenvalue weighted by Gasteiger charge is -2.23. The molecule has 1 atom stereocenters. The van der Waals surface area contributed by atoms with Crippen LogP contribution in [0.3, 0.4) is 0 Å². The van der Waals surface area contributed by atoms with Crippen LogP contribution in [0.1, 0.15) is 13.8 Å². The van der Waals surface area contributed by atoms with Crippen molar-refractivity contribution in [3.63, 3.8) is 0 Å². The molecule has 3 heterocycles. The average molecular weight is 450 g/mol. The van der Waals surface area contributed by atoms with Crippen LogP contribution in [-0.4, -0.2) is 31.5 Å². The first-order chi connectivity index (χ1) is 15.4. The Bertz CT molecular complexity index is 1360. The molecule has 0 saturated heterocycles. The number of aromatic nitrogens is 4. The van der Waals surface area contributed by atoms with Gasteiger partial charge in [0.25, 0.3) is 11.1 Å². The smallest absolute Gasteiger partial charge is 0.275 e. The Hall–Kier alpha value is -3.59. The molecule has 164 valence electrons. The van der Waals surface area contributed by atoms with Crippen molar-refractivity contribution in [1.29, 1.82) is 0 Å². The average Bonchev–Trinajstić information content (AvgIpc) is 3.32. The maximum absolute atomic E-state index is 12.7. The third-order valence-corrected chi connectivity index (χ3v) is 6.11. The molecular formula is C23H23N5O3S. The Balaban J connectivity index is 1.51. The van der Waals surface area contributed by atoms with Crippen molar-refractivity contribution in [2.45, 2.75) is 33.0 Å². The first-order valence-electron chi connectivity index (χ1n) is 10.3. The maximum Gasteiger partial charge on any atom is 0.275 e. The van der Waals surface area contributed by atoms with Gasteiger partial charge in [-0.1, -0.05) is 38.1 Å². The van der Waals surface area contributed by atoms with Gasteiger partial charge in [-0.3, -0.25) is 14.4 Å². The standard InChI is InChI=1S/C23H23N5O3S/c1-15(2)19(13-27-22(30)10-9-18(26-27)20-8-5-11-32-20)25-21(29)14-28-23(31)17-7-4-3-6-16(17)12-24-28/h3-12,15,19H,13-14H2,1-2H3,(H,25,29)/t19-/m0/s1. The van der Waals surface area contributed by atoms with Crippen LogP contribution >= 0.6 is 11.3 Å². The van der Waals surface area contributed by atoms with E-state index in [1.165, 1.54) is 10.7 Å². The highest BCUT2D eigenvalue weighted by atomic mass is 32.1. The third-order valence-electron chi connectivity index (χ3n) is 5.22. The Morgan fingerprint density at radius 2 is 1.88 bits per heavy atom. The van der Waals surface area contributed by atoms with Crippen molar-refractivity contribution < 1.29 is 4.79 Å². The molecule has 0 aliphatic carbocycles. The van der Waals surface area contributed by atoms with Crippen LogP contribution in [0.4, 0.5) is 0 Å². The molecular weight excluding hydrogens is 426 g/mol. The van der Waals surface area contributed by atoms with E-state index < -0.39 is 0 Å². The summed E-state index contributed by atoms with van der Waals surface area (Å²) in [5, 5.41) is 14.7. The van der Waals surface area contributed by atoms with Gasteiger partial charge in [-0.15, -0.1) is 11.3 Å². The van der Waals surface area contributed by atoms with Gasteiger partial charge in [0, 0.05) is 11.5 Å². The van der Waals surface area contributed by atoms with Crippen LogP contribution in [0.25, 0.3) is 21.3 Å². The summed E-state index contributed by atoms with van der Waals surface area (Å²) in [5.41, 5.74) is 0.152. The van der Waals surface area contributed by atoms with Gasteiger partial charge in [0.05, 0.1) is 29.0 Å². The molecule has 1 N–H and O–H groups in total. The molecule has 3 aromatic heterocycles. The van der Waals surface area contributed by atoms with Crippen molar-refractivity contribution in [3.8, 4) is 10.6 Å². The van der Waals surface area contributed by atoms with E-state index in [1.54, 1.807) is 41.8 Å². The number of amides is 1. The summed E-state index contributed by atoms with van der Waals surface area (Å²) in [6.45, 7) is 3.94. The van der Waals surface area contributed by atoms with Crippen molar-refractivity contribution in [1.82, 2.24) is 24.9 Å². The van der Waals surface area contributed by atoms with Gasteiger partial charge in [-0.2, -0.15) is 10.2 Å². The van der Waals surface area contributed by atoms with Crippen molar-refractivity contribution in [3.05, 3.63) is 80.8 Å².